The van der Waals surface area contributed by atoms with Gasteiger partial charge < -0.3 is 4.74 Å². The molecule has 2 saturated carbocycles. The first-order valence-corrected chi connectivity index (χ1v) is 4.29. The van der Waals surface area contributed by atoms with Crippen LogP contribution in [0.25, 0.3) is 0 Å². The van der Waals surface area contributed by atoms with E-state index in [1.165, 1.54) is 25.7 Å². The zero-order valence-electron chi connectivity index (χ0n) is 6.89. The molecule has 10 heavy (non-hydrogen) atoms. The van der Waals surface area contributed by atoms with Crippen LogP contribution in [0.1, 0.15) is 32.6 Å². The van der Waals surface area contributed by atoms with Gasteiger partial charge in [0.05, 0.1) is 6.10 Å². The number of rotatable bonds is 1. The van der Waals surface area contributed by atoms with Crippen molar-refractivity contribution in [2.24, 2.45) is 11.3 Å². The fraction of sp³-hybridized carbons (Fsp3) is 1.00. The van der Waals surface area contributed by atoms with Gasteiger partial charge in [0, 0.05) is 7.11 Å². The molecule has 58 valence electrons. The summed E-state index contributed by atoms with van der Waals surface area (Å²) in [6, 6.07) is 0. The van der Waals surface area contributed by atoms with E-state index in [1.54, 1.807) is 0 Å². The molecule has 2 rings (SSSR count). The van der Waals surface area contributed by atoms with E-state index in [-0.39, 0.29) is 0 Å². The molecule has 3 atom stereocenters. The highest BCUT2D eigenvalue weighted by Crippen LogP contribution is 2.61. The van der Waals surface area contributed by atoms with Gasteiger partial charge in [0.25, 0.3) is 0 Å². The van der Waals surface area contributed by atoms with Crippen LogP contribution in [0.3, 0.4) is 0 Å². The van der Waals surface area contributed by atoms with Crippen molar-refractivity contribution < 1.29 is 4.74 Å². The smallest absolute Gasteiger partial charge is 0.0604 e. The lowest BCUT2D eigenvalue weighted by Crippen LogP contribution is -2.21. The summed E-state index contributed by atoms with van der Waals surface area (Å²) in [5.41, 5.74) is 0.693. The van der Waals surface area contributed by atoms with Crippen molar-refractivity contribution in [3.05, 3.63) is 0 Å². The highest BCUT2D eigenvalue weighted by Gasteiger charge is 2.55. The molecule has 0 N–H and O–H groups in total. The Hall–Kier alpha value is -0.0400. The standard InChI is InChI=1S/C9H16O/c1-9-5-3-4-8(10-2)7(9)6-9/h7-8H,3-6H2,1-2H3/t7?,8-,9?/m0/s1. The normalized spacial score (nSPS) is 52.2. The summed E-state index contributed by atoms with van der Waals surface area (Å²) in [4.78, 5) is 0. The lowest BCUT2D eigenvalue weighted by Gasteiger charge is -2.24. The molecule has 0 saturated heterocycles. The number of hydrogen-bond donors (Lipinski definition) is 0. The van der Waals surface area contributed by atoms with Crippen LogP contribution in [0.4, 0.5) is 0 Å². The molecule has 0 bridgehead atoms. The Morgan fingerprint density at radius 1 is 1.50 bits per heavy atom. The molecule has 1 nitrogen and oxygen atoms in total. The van der Waals surface area contributed by atoms with Crippen LogP contribution >= 0.6 is 0 Å². The summed E-state index contributed by atoms with van der Waals surface area (Å²) >= 11 is 0. The van der Waals surface area contributed by atoms with Gasteiger partial charge in [-0.3, -0.25) is 0 Å². The van der Waals surface area contributed by atoms with Gasteiger partial charge in [0.2, 0.25) is 0 Å². The summed E-state index contributed by atoms with van der Waals surface area (Å²) in [5.74, 6) is 0.909. The maximum Gasteiger partial charge on any atom is 0.0604 e. The van der Waals surface area contributed by atoms with Crippen molar-refractivity contribution in [1.29, 1.82) is 0 Å². The lowest BCUT2D eigenvalue weighted by atomic mass is 9.88. The van der Waals surface area contributed by atoms with Crippen LogP contribution in [-0.4, -0.2) is 13.2 Å². The average molecular weight is 140 g/mol. The Balaban J connectivity index is 2.02. The van der Waals surface area contributed by atoms with Crippen LogP contribution in [-0.2, 0) is 4.74 Å². The second-order valence-electron chi connectivity index (χ2n) is 4.13. The topological polar surface area (TPSA) is 9.23 Å². The van der Waals surface area contributed by atoms with E-state index >= 15 is 0 Å². The third-order valence-electron chi connectivity index (χ3n) is 3.41. The molecule has 2 fully saturated rings. The molecule has 2 aliphatic carbocycles. The van der Waals surface area contributed by atoms with Crippen molar-refractivity contribution in [2.75, 3.05) is 7.11 Å². The number of methoxy groups -OCH3 is 1. The van der Waals surface area contributed by atoms with Gasteiger partial charge in [0.15, 0.2) is 0 Å². The number of hydrogen-bond acceptors (Lipinski definition) is 1. The summed E-state index contributed by atoms with van der Waals surface area (Å²) in [6.07, 6.45) is 6.14. The highest BCUT2D eigenvalue weighted by molar-refractivity contribution is 5.05. The maximum absolute atomic E-state index is 5.41. The van der Waals surface area contributed by atoms with Crippen LogP contribution in [0.2, 0.25) is 0 Å². The predicted octanol–water partition coefficient (Wildman–Crippen LogP) is 2.21. The Morgan fingerprint density at radius 3 is 2.90 bits per heavy atom. The van der Waals surface area contributed by atoms with E-state index in [0.29, 0.717) is 11.5 Å². The Labute approximate surface area is 62.8 Å². The van der Waals surface area contributed by atoms with Crippen molar-refractivity contribution in [3.63, 3.8) is 0 Å². The summed E-state index contributed by atoms with van der Waals surface area (Å²) < 4.78 is 5.41. The molecule has 0 radical (unpaired) electrons. The zero-order valence-corrected chi connectivity index (χ0v) is 6.89. The average Bonchev–Trinajstić information content (AvgIpc) is 2.59. The summed E-state index contributed by atoms with van der Waals surface area (Å²) in [7, 11) is 1.86. The Kier molecular flexibility index (Phi) is 1.31. The van der Waals surface area contributed by atoms with Crippen molar-refractivity contribution in [2.45, 2.75) is 38.7 Å². The van der Waals surface area contributed by atoms with E-state index in [4.69, 9.17) is 4.74 Å². The highest BCUT2D eigenvalue weighted by atomic mass is 16.5. The molecule has 0 aromatic carbocycles. The largest absolute Gasteiger partial charge is 0.381 e. The van der Waals surface area contributed by atoms with Gasteiger partial charge in [-0.25, -0.2) is 0 Å². The van der Waals surface area contributed by atoms with E-state index < -0.39 is 0 Å². The fourth-order valence-electron chi connectivity index (χ4n) is 2.50. The van der Waals surface area contributed by atoms with Gasteiger partial charge in [-0.1, -0.05) is 13.3 Å². The van der Waals surface area contributed by atoms with Crippen LogP contribution in [0.15, 0.2) is 0 Å². The first kappa shape index (κ1) is 6.66. The van der Waals surface area contributed by atoms with Crippen LogP contribution in [0, 0.1) is 11.3 Å². The molecular formula is C9H16O. The van der Waals surface area contributed by atoms with Crippen molar-refractivity contribution >= 4 is 0 Å². The van der Waals surface area contributed by atoms with Gasteiger partial charge in [-0.15, -0.1) is 0 Å². The van der Waals surface area contributed by atoms with Gasteiger partial charge >= 0.3 is 0 Å². The predicted molar refractivity (Wildman–Crippen MR) is 40.9 cm³/mol. The second kappa shape index (κ2) is 1.97. The van der Waals surface area contributed by atoms with Crippen molar-refractivity contribution in [1.82, 2.24) is 0 Å². The molecule has 0 aromatic heterocycles. The quantitative estimate of drug-likeness (QED) is 0.542. The molecule has 0 spiro atoms. The van der Waals surface area contributed by atoms with Crippen LogP contribution < -0.4 is 0 Å². The zero-order chi connectivity index (χ0) is 7.19. The van der Waals surface area contributed by atoms with E-state index in [2.05, 4.69) is 6.92 Å². The van der Waals surface area contributed by atoms with E-state index in [0.717, 1.165) is 5.92 Å². The van der Waals surface area contributed by atoms with E-state index in [1.807, 2.05) is 7.11 Å². The second-order valence-corrected chi connectivity index (χ2v) is 4.13. The van der Waals surface area contributed by atoms with Gasteiger partial charge in [-0.2, -0.15) is 0 Å². The first-order chi connectivity index (χ1) is 4.76. The van der Waals surface area contributed by atoms with Gasteiger partial charge in [0.1, 0.15) is 0 Å². The van der Waals surface area contributed by atoms with Crippen molar-refractivity contribution in [3.8, 4) is 0 Å². The molecule has 0 amide bonds. The van der Waals surface area contributed by atoms with E-state index in [9.17, 15) is 0 Å². The Bertz CT molecular complexity index is 142. The third-order valence-corrected chi connectivity index (χ3v) is 3.41. The molecular weight excluding hydrogens is 124 g/mol. The molecule has 0 aliphatic heterocycles. The van der Waals surface area contributed by atoms with Gasteiger partial charge in [-0.05, 0) is 30.6 Å². The Morgan fingerprint density at radius 2 is 2.30 bits per heavy atom. The minimum Gasteiger partial charge on any atom is -0.381 e. The summed E-state index contributed by atoms with van der Waals surface area (Å²) in [5, 5.41) is 0. The maximum atomic E-state index is 5.41. The number of fused-ring (bicyclic) bond motifs is 1. The molecule has 1 heteroatoms. The molecule has 2 unspecified atom stereocenters. The SMILES string of the molecule is CO[C@H]1CCCC2(C)CC12. The minimum atomic E-state index is 0.596. The lowest BCUT2D eigenvalue weighted by molar-refractivity contribution is 0.0466. The molecule has 0 heterocycles. The summed E-state index contributed by atoms with van der Waals surface area (Å²) in [6.45, 7) is 2.41. The monoisotopic (exact) mass is 140 g/mol. The third kappa shape index (κ3) is 0.800. The fourth-order valence-corrected chi connectivity index (χ4v) is 2.50. The number of ether oxygens (including phenoxy) is 1. The molecule has 2 aliphatic rings. The molecule has 0 aromatic rings. The minimum absolute atomic E-state index is 0.596. The van der Waals surface area contributed by atoms with Crippen LogP contribution in [0.5, 0.6) is 0 Å². The first-order valence-electron chi connectivity index (χ1n) is 4.29.